The molecular formula is C23H16ClN3OS. The molecule has 1 N–H and O–H groups in total. The molecule has 0 aliphatic heterocycles. The van der Waals surface area contributed by atoms with Crippen molar-refractivity contribution in [2.75, 3.05) is 5.32 Å². The van der Waals surface area contributed by atoms with Gasteiger partial charge in [-0.15, -0.1) is 11.3 Å². The van der Waals surface area contributed by atoms with Crippen LogP contribution < -0.4 is 5.32 Å². The van der Waals surface area contributed by atoms with Gasteiger partial charge in [0.2, 0.25) is 5.91 Å². The largest absolute Gasteiger partial charge is 0.322 e. The van der Waals surface area contributed by atoms with Crippen molar-refractivity contribution in [3.63, 3.8) is 0 Å². The smallest absolute Gasteiger partial charge is 0.248 e. The molecule has 0 saturated heterocycles. The van der Waals surface area contributed by atoms with Gasteiger partial charge in [0, 0.05) is 33.9 Å². The van der Waals surface area contributed by atoms with E-state index in [1.54, 1.807) is 35.7 Å². The second-order valence-electron chi connectivity index (χ2n) is 6.21. The molecule has 0 aliphatic rings. The first-order valence-corrected chi connectivity index (χ1v) is 10.2. The van der Waals surface area contributed by atoms with Crippen molar-refractivity contribution >= 4 is 40.6 Å². The summed E-state index contributed by atoms with van der Waals surface area (Å²) >= 11 is 7.50. The lowest BCUT2D eigenvalue weighted by molar-refractivity contribution is -0.111. The number of halogens is 1. The summed E-state index contributed by atoms with van der Waals surface area (Å²) in [5, 5.41) is 6.36. The van der Waals surface area contributed by atoms with Gasteiger partial charge in [0.15, 0.2) is 0 Å². The lowest BCUT2D eigenvalue weighted by atomic mass is 10.1. The maximum Gasteiger partial charge on any atom is 0.248 e. The van der Waals surface area contributed by atoms with E-state index in [2.05, 4.69) is 15.3 Å². The van der Waals surface area contributed by atoms with Crippen LogP contribution in [0.25, 0.3) is 28.0 Å². The fourth-order valence-electron chi connectivity index (χ4n) is 2.74. The Labute approximate surface area is 177 Å². The predicted molar refractivity (Wildman–Crippen MR) is 120 cm³/mol. The Kier molecular flexibility index (Phi) is 5.79. The zero-order chi connectivity index (χ0) is 20.1. The molecule has 2 aromatic carbocycles. The molecule has 29 heavy (non-hydrogen) atoms. The van der Waals surface area contributed by atoms with Crippen LogP contribution in [0, 0.1) is 0 Å². The van der Waals surface area contributed by atoms with E-state index < -0.39 is 0 Å². The minimum absolute atomic E-state index is 0.213. The molecule has 4 aromatic rings. The first-order chi connectivity index (χ1) is 14.2. The van der Waals surface area contributed by atoms with Gasteiger partial charge in [0.25, 0.3) is 0 Å². The molecule has 0 unspecified atom stereocenters. The minimum Gasteiger partial charge on any atom is -0.322 e. The van der Waals surface area contributed by atoms with Crippen LogP contribution in [0.15, 0.2) is 84.4 Å². The summed E-state index contributed by atoms with van der Waals surface area (Å²) in [5.74, 6) is -0.213. The molecule has 142 valence electrons. The third-order valence-corrected chi connectivity index (χ3v) is 5.19. The first-order valence-electron chi connectivity index (χ1n) is 8.89. The number of amides is 1. The first kappa shape index (κ1) is 19.1. The highest BCUT2D eigenvalue weighted by atomic mass is 35.5. The maximum absolute atomic E-state index is 12.3. The van der Waals surface area contributed by atoms with Gasteiger partial charge >= 0.3 is 0 Å². The molecule has 0 saturated carbocycles. The van der Waals surface area contributed by atoms with Crippen LogP contribution in [-0.4, -0.2) is 15.9 Å². The number of aromatic nitrogens is 2. The Balaban J connectivity index is 1.48. The van der Waals surface area contributed by atoms with Crippen LogP contribution in [-0.2, 0) is 4.79 Å². The molecule has 0 fully saturated rings. The Morgan fingerprint density at radius 3 is 2.72 bits per heavy atom. The standard InChI is InChI=1S/C23H16ClN3OS/c24-18-7-3-5-16(13-18)10-11-22(28)26-19-8-4-6-17(14-19)21-15-29-23(27-21)20-9-1-2-12-25-20/h1-15H,(H,26,28)/b11-10+. The van der Waals surface area contributed by atoms with E-state index in [4.69, 9.17) is 11.6 Å². The zero-order valence-corrected chi connectivity index (χ0v) is 16.8. The Morgan fingerprint density at radius 2 is 1.90 bits per heavy atom. The summed E-state index contributed by atoms with van der Waals surface area (Å²) in [5.41, 5.74) is 4.20. The molecule has 1 amide bonds. The van der Waals surface area contributed by atoms with Gasteiger partial charge in [-0.05, 0) is 48.0 Å². The van der Waals surface area contributed by atoms with E-state index in [1.165, 1.54) is 6.08 Å². The average molecular weight is 418 g/mol. The third-order valence-electron chi connectivity index (χ3n) is 4.09. The molecule has 6 heteroatoms. The number of thiazole rings is 1. The monoisotopic (exact) mass is 417 g/mol. The summed E-state index contributed by atoms with van der Waals surface area (Å²) in [6.07, 6.45) is 4.97. The normalized spacial score (nSPS) is 10.9. The number of rotatable bonds is 5. The molecule has 0 atom stereocenters. The Morgan fingerprint density at radius 1 is 1.00 bits per heavy atom. The maximum atomic E-state index is 12.3. The highest BCUT2D eigenvalue weighted by molar-refractivity contribution is 7.13. The highest BCUT2D eigenvalue weighted by Gasteiger charge is 2.08. The van der Waals surface area contributed by atoms with Gasteiger partial charge in [-0.25, -0.2) is 4.98 Å². The summed E-state index contributed by atoms with van der Waals surface area (Å²) in [4.78, 5) is 21.3. The topological polar surface area (TPSA) is 54.9 Å². The van der Waals surface area contributed by atoms with E-state index in [9.17, 15) is 4.79 Å². The van der Waals surface area contributed by atoms with Crippen molar-refractivity contribution < 1.29 is 4.79 Å². The van der Waals surface area contributed by atoms with E-state index in [1.807, 2.05) is 60.0 Å². The fourth-order valence-corrected chi connectivity index (χ4v) is 3.74. The van der Waals surface area contributed by atoms with E-state index in [0.717, 1.165) is 27.5 Å². The zero-order valence-electron chi connectivity index (χ0n) is 15.2. The molecule has 2 aromatic heterocycles. The summed E-state index contributed by atoms with van der Waals surface area (Å²) in [7, 11) is 0. The number of nitrogens with one attached hydrogen (secondary N) is 1. The van der Waals surface area contributed by atoms with Crippen LogP contribution in [0.4, 0.5) is 5.69 Å². The third kappa shape index (κ3) is 4.96. The van der Waals surface area contributed by atoms with E-state index in [-0.39, 0.29) is 5.91 Å². The predicted octanol–water partition coefficient (Wildman–Crippen LogP) is 6.18. The number of carbonyl (C=O) groups excluding carboxylic acids is 1. The summed E-state index contributed by atoms with van der Waals surface area (Å²) < 4.78 is 0. The lowest BCUT2D eigenvalue weighted by Gasteiger charge is -2.04. The molecular weight excluding hydrogens is 402 g/mol. The van der Waals surface area contributed by atoms with E-state index in [0.29, 0.717) is 10.7 Å². The average Bonchev–Trinajstić information content (AvgIpc) is 3.24. The number of nitrogens with zero attached hydrogens (tertiary/aromatic N) is 2. The van der Waals surface area contributed by atoms with Crippen LogP contribution in [0.2, 0.25) is 5.02 Å². The molecule has 4 rings (SSSR count). The summed E-state index contributed by atoms with van der Waals surface area (Å²) in [6, 6.07) is 20.7. The fraction of sp³-hybridized carbons (Fsp3) is 0. The van der Waals surface area contributed by atoms with Crippen LogP contribution in [0.5, 0.6) is 0 Å². The Hall–Kier alpha value is -3.28. The highest BCUT2D eigenvalue weighted by Crippen LogP contribution is 2.29. The number of benzene rings is 2. The van der Waals surface area contributed by atoms with Gasteiger partial charge in [0.05, 0.1) is 11.4 Å². The number of anilines is 1. The molecule has 0 radical (unpaired) electrons. The van der Waals surface area contributed by atoms with Crippen LogP contribution in [0.3, 0.4) is 0 Å². The second kappa shape index (κ2) is 8.82. The number of pyridine rings is 1. The van der Waals surface area contributed by atoms with Crippen molar-refractivity contribution in [2.24, 2.45) is 0 Å². The van der Waals surface area contributed by atoms with Crippen molar-refractivity contribution in [1.29, 1.82) is 0 Å². The molecule has 0 aliphatic carbocycles. The van der Waals surface area contributed by atoms with E-state index >= 15 is 0 Å². The van der Waals surface area contributed by atoms with Gasteiger partial charge in [-0.2, -0.15) is 0 Å². The van der Waals surface area contributed by atoms with Crippen LogP contribution >= 0.6 is 22.9 Å². The lowest BCUT2D eigenvalue weighted by Crippen LogP contribution is -2.07. The van der Waals surface area contributed by atoms with Gasteiger partial charge in [-0.1, -0.05) is 41.9 Å². The van der Waals surface area contributed by atoms with Gasteiger partial charge in [-0.3, -0.25) is 9.78 Å². The SMILES string of the molecule is O=C(/C=C/c1cccc(Cl)c1)Nc1cccc(-c2csc(-c3ccccn3)n2)c1. The quantitative estimate of drug-likeness (QED) is 0.394. The molecule has 2 heterocycles. The molecule has 4 nitrogen and oxygen atoms in total. The minimum atomic E-state index is -0.213. The van der Waals surface area contributed by atoms with Crippen LogP contribution in [0.1, 0.15) is 5.56 Å². The number of carbonyl (C=O) groups is 1. The van der Waals surface area contributed by atoms with Crippen molar-refractivity contribution in [3.8, 4) is 22.0 Å². The van der Waals surface area contributed by atoms with Crippen molar-refractivity contribution in [3.05, 3.63) is 95.0 Å². The number of hydrogen-bond acceptors (Lipinski definition) is 4. The van der Waals surface area contributed by atoms with Gasteiger partial charge < -0.3 is 5.32 Å². The second-order valence-corrected chi connectivity index (χ2v) is 7.51. The Bertz CT molecular complexity index is 1170. The van der Waals surface area contributed by atoms with Gasteiger partial charge in [0.1, 0.15) is 5.01 Å². The summed E-state index contributed by atoms with van der Waals surface area (Å²) in [6.45, 7) is 0. The van der Waals surface area contributed by atoms with Crippen molar-refractivity contribution in [1.82, 2.24) is 9.97 Å². The molecule has 0 bridgehead atoms. The molecule has 0 spiro atoms. The number of hydrogen-bond donors (Lipinski definition) is 1. The van der Waals surface area contributed by atoms with Crippen molar-refractivity contribution in [2.45, 2.75) is 0 Å².